The number of amides is 2. The zero-order valence-corrected chi connectivity index (χ0v) is 23.6. The highest BCUT2D eigenvalue weighted by Gasteiger charge is 2.45. The summed E-state index contributed by atoms with van der Waals surface area (Å²) in [5.41, 5.74) is 0.373. The Labute approximate surface area is 237 Å². The zero-order valence-electron chi connectivity index (χ0n) is 23.6. The van der Waals surface area contributed by atoms with Crippen molar-refractivity contribution >= 4 is 22.8 Å². The van der Waals surface area contributed by atoms with Gasteiger partial charge >= 0.3 is 6.09 Å². The molecule has 2 bridgehead atoms. The fourth-order valence-corrected chi connectivity index (χ4v) is 5.98. The summed E-state index contributed by atoms with van der Waals surface area (Å²) in [7, 11) is 0. The van der Waals surface area contributed by atoms with Gasteiger partial charge < -0.3 is 14.4 Å². The lowest BCUT2D eigenvalue weighted by atomic mass is 9.96. The van der Waals surface area contributed by atoms with E-state index >= 15 is 4.39 Å². The van der Waals surface area contributed by atoms with Gasteiger partial charge in [-0.05, 0) is 88.8 Å². The summed E-state index contributed by atoms with van der Waals surface area (Å²) in [6.07, 6.45) is 4.84. The van der Waals surface area contributed by atoms with Crippen LogP contribution in [-0.2, 0) is 11.2 Å². The second kappa shape index (κ2) is 10.5. The maximum Gasteiger partial charge on any atom is 0.410 e. The molecule has 1 aromatic heterocycles. The molecule has 1 N–H and O–H groups in total. The highest BCUT2D eigenvalue weighted by molar-refractivity contribution is 5.95. The molecule has 2 aromatic carbocycles. The normalized spacial score (nSPS) is 20.7. The maximum absolute atomic E-state index is 15.0. The third-order valence-electron chi connectivity index (χ3n) is 8.20. The molecule has 0 radical (unpaired) electrons. The van der Waals surface area contributed by atoms with Crippen LogP contribution in [0.2, 0.25) is 0 Å². The number of carbonyl (C=O) groups is 2. The highest BCUT2D eigenvalue weighted by atomic mass is 19.1. The molecular weight excluding hydrogens is 527 g/mol. The summed E-state index contributed by atoms with van der Waals surface area (Å²) in [4.78, 5) is 42.2. The average molecular weight is 563 g/mol. The van der Waals surface area contributed by atoms with Crippen LogP contribution in [0.25, 0.3) is 10.8 Å². The molecule has 0 spiro atoms. The van der Waals surface area contributed by atoms with E-state index in [-0.39, 0.29) is 35.4 Å². The number of piperazine rings is 1. The van der Waals surface area contributed by atoms with Crippen molar-refractivity contribution < 1.29 is 23.5 Å². The summed E-state index contributed by atoms with van der Waals surface area (Å²) in [6, 6.07) is 9.53. The van der Waals surface area contributed by atoms with Crippen LogP contribution in [0.5, 0.6) is 5.75 Å². The summed E-state index contributed by atoms with van der Waals surface area (Å²) < 4.78 is 26.6. The van der Waals surface area contributed by atoms with E-state index in [1.54, 1.807) is 34.1 Å². The minimum atomic E-state index is -0.607. The first-order valence-corrected chi connectivity index (χ1v) is 14.3. The smallest absolute Gasteiger partial charge is 0.410 e. The number of hydrogen-bond acceptors (Lipinski definition) is 6. The van der Waals surface area contributed by atoms with Gasteiger partial charge in [0.1, 0.15) is 17.2 Å². The first-order valence-electron chi connectivity index (χ1n) is 14.3. The maximum atomic E-state index is 15.0. The molecule has 2 atom stereocenters. The topological polar surface area (TPSA) is 105 Å². The van der Waals surface area contributed by atoms with Crippen LogP contribution in [0, 0.1) is 5.82 Å². The fourth-order valence-electron chi connectivity index (χ4n) is 5.98. The third kappa shape index (κ3) is 5.52. The van der Waals surface area contributed by atoms with Crippen molar-refractivity contribution in [2.45, 2.75) is 83.1 Å². The molecular formula is C31H35FN4O5. The molecule has 3 heterocycles. The third-order valence-corrected chi connectivity index (χ3v) is 8.20. The van der Waals surface area contributed by atoms with Gasteiger partial charge in [-0.25, -0.2) is 14.3 Å². The first-order chi connectivity index (χ1) is 19.6. The number of nitrogens with zero attached hydrogens (tertiary/aromatic N) is 3. The number of benzene rings is 2. The van der Waals surface area contributed by atoms with Crippen molar-refractivity contribution in [2.75, 3.05) is 13.1 Å². The monoisotopic (exact) mass is 562 g/mol. The molecule has 3 aliphatic rings. The van der Waals surface area contributed by atoms with Gasteiger partial charge in [-0.2, -0.15) is 5.10 Å². The lowest BCUT2D eigenvalue weighted by Crippen LogP contribution is -2.58. The Morgan fingerprint density at radius 2 is 1.76 bits per heavy atom. The van der Waals surface area contributed by atoms with E-state index in [0.717, 1.165) is 32.1 Å². The van der Waals surface area contributed by atoms with Gasteiger partial charge in [-0.1, -0.05) is 6.07 Å². The Kier molecular flexibility index (Phi) is 6.95. The molecule has 3 aromatic rings. The van der Waals surface area contributed by atoms with Gasteiger partial charge in [-0.3, -0.25) is 14.5 Å². The van der Waals surface area contributed by atoms with Crippen molar-refractivity contribution in [2.24, 2.45) is 0 Å². The number of aromatic amines is 1. The van der Waals surface area contributed by atoms with Gasteiger partial charge in [0.15, 0.2) is 0 Å². The number of fused-ring (bicyclic) bond motifs is 3. The van der Waals surface area contributed by atoms with Gasteiger partial charge in [0.2, 0.25) is 0 Å². The Morgan fingerprint density at radius 1 is 1.02 bits per heavy atom. The molecule has 2 unspecified atom stereocenters. The van der Waals surface area contributed by atoms with E-state index in [2.05, 4.69) is 10.2 Å². The van der Waals surface area contributed by atoms with E-state index in [9.17, 15) is 14.4 Å². The number of likely N-dealkylation sites (tertiary alicyclic amines) is 1. The summed E-state index contributed by atoms with van der Waals surface area (Å²) in [5.74, 6) is -0.317. The highest BCUT2D eigenvalue weighted by Crippen LogP contribution is 2.33. The van der Waals surface area contributed by atoms with Crippen molar-refractivity contribution in [3.05, 3.63) is 69.4 Å². The molecule has 1 aliphatic carbocycles. The van der Waals surface area contributed by atoms with Crippen molar-refractivity contribution in [3.63, 3.8) is 0 Å². The summed E-state index contributed by atoms with van der Waals surface area (Å²) in [6.45, 7) is 6.14. The summed E-state index contributed by atoms with van der Waals surface area (Å²) >= 11 is 0. The fraction of sp³-hybridized carbons (Fsp3) is 0.484. The molecule has 216 valence electrons. The van der Waals surface area contributed by atoms with E-state index in [1.165, 1.54) is 6.07 Å². The van der Waals surface area contributed by atoms with Crippen LogP contribution in [0.1, 0.15) is 74.5 Å². The predicted molar refractivity (Wildman–Crippen MR) is 151 cm³/mol. The number of aromatic nitrogens is 2. The minimum Gasteiger partial charge on any atom is -0.490 e. The standard InChI is InChI=1S/C31H35FN4O5/c1-31(2,3)41-30(39)36-19-8-9-20(36)17-35(16-19)29(38)25-13-18(7-12-26(25)32)14-27-24-15-22(40-21-5-4-6-21)10-11-23(24)28(37)34-33-27/h7,10-13,15,19-21H,4-6,8-9,14,16-17H2,1-3H3,(H,34,37). The van der Waals surface area contributed by atoms with Crippen LogP contribution in [0.4, 0.5) is 9.18 Å². The molecule has 1 saturated carbocycles. The number of hydrogen-bond donors (Lipinski definition) is 1. The molecule has 3 fully saturated rings. The van der Waals surface area contributed by atoms with Crippen LogP contribution in [0.15, 0.2) is 41.2 Å². The Bertz CT molecular complexity index is 1550. The number of rotatable bonds is 5. The van der Waals surface area contributed by atoms with Crippen molar-refractivity contribution in [1.29, 1.82) is 0 Å². The lowest BCUT2D eigenvalue weighted by molar-refractivity contribution is -0.00343. The molecule has 9 nitrogen and oxygen atoms in total. The van der Waals surface area contributed by atoms with E-state index in [4.69, 9.17) is 9.47 Å². The van der Waals surface area contributed by atoms with Crippen LogP contribution >= 0.6 is 0 Å². The quantitative estimate of drug-likeness (QED) is 0.479. The van der Waals surface area contributed by atoms with Gasteiger partial charge in [0, 0.05) is 24.9 Å². The second-order valence-electron chi connectivity index (χ2n) is 12.4. The Balaban J connectivity index is 1.22. The van der Waals surface area contributed by atoms with Gasteiger partial charge in [0.25, 0.3) is 11.5 Å². The van der Waals surface area contributed by atoms with Crippen LogP contribution in [0.3, 0.4) is 0 Å². The van der Waals surface area contributed by atoms with Crippen molar-refractivity contribution in [3.8, 4) is 5.75 Å². The molecule has 2 aliphatic heterocycles. The number of carbonyl (C=O) groups excluding carboxylic acids is 2. The predicted octanol–water partition coefficient (Wildman–Crippen LogP) is 4.81. The van der Waals surface area contributed by atoms with Gasteiger partial charge in [0.05, 0.1) is 34.8 Å². The number of halogens is 1. The van der Waals surface area contributed by atoms with E-state index < -0.39 is 17.3 Å². The van der Waals surface area contributed by atoms with E-state index in [0.29, 0.717) is 47.3 Å². The van der Waals surface area contributed by atoms with Gasteiger partial charge in [-0.15, -0.1) is 0 Å². The number of H-pyrrole nitrogens is 1. The first kappa shape index (κ1) is 27.2. The van der Waals surface area contributed by atoms with Crippen LogP contribution in [-0.4, -0.2) is 68.9 Å². The molecule has 2 amide bonds. The van der Waals surface area contributed by atoms with Crippen molar-refractivity contribution in [1.82, 2.24) is 20.0 Å². The Hall–Kier alpha value is -3.95. The molecule has 41 heavy (non-hydrogen) atoms. The minimum absolute atomic E-state index is 0.0182. The van der Waals surface area contributed by atoms with E-state index in [1.807, 2.05) is 26.8 Å². The molecule has 2 saturated heterocycles. The second-order valence-corrected chi connectivity index (χ2v) is 12.4. The lowest BCUT2D eigenvalue weighted by Gasteiger charge is -2.41. The zero-order chi connectivity index (χ0) is 28.9. The van der Waals surface area contributed by atoms with Crippen LogP contribution < -0.4 is 10.3 Å². The largest absolute Gasteiger partial charge is 0.490 e. The Morgan fingerprint density at radius 3 is 2.41 bits per heavy atom. The SMILES string of the molecule is CC(C)(C)OC(=O)N1C2CCC1CN(C(=O)c1cc(Cc3n[nH]c(=O)c4ccc(OC5CCC5)cc34)ccc1F)C2. The molecule has 6 rings (SSSR count). The number of nitrogens with one attached hydrogen (secondary N) is 1. The molecule has 10 heteroatoms. The average Bonchev–Trinajstić information content (AvgIpc) is 3.17. The number of ether oxygens (including phenoxy) is 2. The summed E-state index contributed by atoms with van der Waals surface area (Å²) in [5, 5.41) is 8.00.